The Balaban J connectivity index is 1.42. The van der Waals surface area contributed by atoms with Gasteiger partial charge in [0.25, 0.3) is 0 Å². The third-order valence-corrected chi connectivity index (χ3v) is 4.63. The minimum absolute atomic E-state index is 0.580. The standard InChI is InChI=1S/C14H27N3O/c1-2-15-14-11-18-10-12(14)9-16-5-7-17(8-6-16)13-3-4-13/h12-15H,2-11H2,1H3. The van der Waals surface area contributed by atoms with E-state index < -0.39 is 0 Å². The number of ether oxygens (including phenoxy) is 1. The van der Waals surface area contributed by atoms with E-state index in [0.717, 1.165) is 25.8 Å². The number of nitrogens with zero attached hydrogens (tertiary/aromatic N) is 2. The molecular weight excluding hydrogens is 226 g/mol. The number of likely N-dealkylation sites (N-methyl/N-ethyl adjacent to an activating group) is 1. The Labute approximate surface area is 111 Å². The van der Waals surface area contributed by atoms with E-state index in [9.17, 15) is 0 Å². The average molecular weight is 253 g/mol. The van der Waals surface area contributed by atoms with Crippen LogP contribution >= 0.6 is 0 Å². The lowest BCUT2D eigenvalue weighted by atomic mass is 10.0. The molecule has 3 fully saturated rings. The van der Waals surface area contributed by atoms with E-state index >= 15 is 0 Å². The quantitative estimate of drug-likeness (QED) is 0.767. The highest BCUT2D eigenvalue weighted by molar-refractivity contribution is 4.89. The molecule has 2 atom stereocenters. The molecular formula is C14H27N3O. The summed E-state index contributed by atoms with van der Waals surface area (Å²) < 4.78 is 5.63. The summed E-state index contributed by atoms with van der Waals surface area (Å²) in [4.78, 5) is 5.33. The van der Waals surface area contributed by atoms with Gasteiger partial charge in [-0.1, -0.05) is 6.92 Å². The van der Waals surface area contributed by atoms with E-state index in [2.05, 4.69) is 22.0 Å². The van der Waals surface area contributed by atoms with Crippen molar-refractivity contribution in [2.24, 2.45) is 5.92 Å². The molecule has 1 aliphatic carbocycles. The van der Waals surface area contributed by atoms with Gasteiger partial charge in [0.2, 0.25) is 0 Å². The maximum absolute atomic E-state index is 5.63. The van der Waals surface area contributed by atoms with E-state index in [-0.39, 0.29) is 0 Å². The van der Waals surface area contributed by atoms with E-state index in [1.165, 1.54) is 45.6 Å². The Morgan fingerprint density at radius 1 is 1.11 bits per heavy atom. The molecule has 2 unspecified atom stereocenters. The SMILES string of the molecule is CCNC1COCC1CN1CCN(C2CC2)CC1. The van der Waals surface area contributed by atoms with E-state index in [4.69, 9.17) is 4.74 Å². The Kier molecular flexibility index (Phi) is 4.19. The molecule has 3 aliphatic rings. The first-order chi connectivity index (χ1) is 8.86. The van der Waals surface area contributed by atoms with Crippen LogP contribution in [-0.2, 0) is 4.74 Å². The van der Waals surface area contributed by atoms with Crippen molar-refractivity contribution in [3.05, 3.63) is 0 Å². The zero-order chi connectivity index (χ0) is 12.4. The van der Waals surface area contributed by atoms with Gasteiger partial charge in [0.1, 0.15) is 0 Å². The van der Waals surface area contributed by atoms with Crippen molar-refractivity contribution >= 4 is 0 Å². The molecule has 0 bridgehead atoms. The second-order valence-corrected chi connectivity index (χ2v) is 6.03. The Bertz CT molecular complexity index is 262. The van der Waals surface area contributed by atoms with Gasteiger partial charge in [0, 0.05) is 50.7 Å². The molecule has 2 heterocycles. The molecule has 2 saturated heterocycles. The molecule has 4 nitrogen and oxygen atoms in total. The van der Waals surface area contributed by atoms with Gasteiger partial charge in [-0.15, -0.1) is 0 Å². The van der Waals surface area contributed by atoms with Crippen LogP contribution in [-0.4, -0.2) is 74.4 Å². The fourth-order valence-corrected chi connectivity index (χ4v) is 3.35. The molecule has 4 heteroatoms. The van der Waals surface area contributed by atoms with Gasteiger partial charge in [0.15, 0.2) is 0 Å². The summed E-state index contributed by atoms with van der Waals surface area (Å²) in [6, 6.07) is 1.52. The van der Waals surface area contributed by atoms with Crippen LogP contribution in [0.25, 0.3) is 0 Å². The summed E-state index contributed by atoms with van der Waals surface area (Å²) in [5.41, 5.74) is 0. The summed E-state index contributed by atoms with van der Waals surface area (Å²) in [5, 5.41) is 3.56. The molecule has 1 saturated carbocycles. The van der Waals surface area contributed by atoms with E-state index in [0.29, 0.717) is 12.0 Å². The molecule has 0 aromatic rings. The zero-order valence-electron chi connectivity index (χ0n) is 11.6. The predicted molar refractivity (Wildman–Crippen MR) is 72.8 cm³/mol. The van der Waals surface area contributed by atoms with Gasteiger partial charge in [-0.25, -0.2) is 0 Å². The highest BCUT2D eigenvalue weighted by Gasteiger charge is 2.33. The molecule has 3 rings (SSSR count). The third kappa shape index (κ3) is 3.05. The van der Waals surface area contributed by atoms with Crippen molar-refractivity contribution in [1.82, 2.24) is 15.1 Å². The first-order valence-electron chi connectivity index (χ1n) is 7.64. The lowest BCUT2D eigenvalue weighted by molar-refractivity contribution is 0.104. The fourth-order valence-electron chi connectivity index (χ4n) is 3.35. The molecule has 1 N–H and O–H groups in total. The molecule has 0 spiro atoms. The first-order valence-corrected chi connectivity index (χ1v) is 7.64. The maximum Gasteiger partial charge on any atom is 0.0623 e. The van der Waals surface area contributed by atoms with E-state index in [1.807, 2.05) is 0 Å². The van der Waals surface area contributed by atoms with Gasteiger partial charge in [-0.2, -0.15) is 0 Å². The van der Waals surface area contributed by atoms with Gasteiger partial charge in [-0.05, 0) is 19.4 Å². The fraction of sp³-hybridized carbons (Fsp3) is 1.00. The molecule has 0 amide bonds. The molecule has 18 heavy (non-hydrogen) atoms. The van der Waals surface area contributed by atoms with Crippen molar-refractivity contribution in [3.8, 4) is 0 Å². The van der Waals surface area contributed by atoms with Crippen LogP contribution in [0.2, 0.25) is 0 Å². The molecule has 0 aromatic heterocycles. The summed E-state index contributed by atoms with van der Waals surface area (Å²) in [6.07, 6.45) is 2.89. The highest BCUT2D eigenvalue weighted by Crippen LogP contribution is 2.27. The highest BCUT2D eigenvalue weighted by atomic mass is 16.5. The van der Waals surface area contributed by atoms with Crippen molar-refractivity contribution in [2.75, 3.05) is 52.5 Å². The second kappa shape index (κ2) is 5.87. The van der Waals surface area contributed by atoms with Crippen LogP contribution in [0, 0.1) is 5.92 Å². The van der Waals surface area contributed by atoms with Crippen molar-refractivity contribution in [2.45, 2.75) is 31.8 Å². The third-order valence-electron chi connectivity index (χ3n) is 4.63. The molecule has 0 radical (unpaired) electrons. The maximum atomic E-state index is 5.63. The lowest BCUT2D eigenvalue weighted by Gasteiger charge is -2.36. The first kappa shape index (κ1) is 12.9. The van der Waals surface area contributed by atoms with Gasteiger partial charge >= 0.3 is 0 Å². The Hall–Kier alpha value is -0.160. The number of hydrogen-bond donors (Lipinski definition) is 1. The number of hydrogen-bond acceptors (Lipinski definition) is 4. The monoisotopic (exact) mass is 253 g/mol. The lowest BCUT2D eigenvalue weighted by Crippen LogP contribution is -2.50. The number of nitrogens with one attached hydrogen (secondary N) is 1. The van der Waals surface area contributed by atoms with Gasteiger partial charge < -0.3 is 15.0 Å². The molecule has 0 aromatic carbocycles. The van der Waals surface area contributed by atoms with Gasteiger partial charge in [-0.3, -0.25) is 4.90 Å². The predicted octanol–water partition coefficient (Wildman–Crippen LogP) is 0.391. The van der Waals surface area contributed by atoms with Crippen molar-refractivity contribution < 1.29 is 4.74 Å². The largest absolute Gasteiger partial charge is 0.379 e. The van der Waals surface area contributed by atoms with Crippen LogP contribution in [0.5, 0.6) is 0 Å². The van der Waals surface area contributed by atoms with Crippen LogP contribution in [0.15, 0.2) is 0 Å². The van der Waals surface area contributed by atoms with Crippen LogP contribution in [0.4, 0.5) is 0 Å². The minimum Gasteiger partial charge on any atom is -0.379 e. The summed E-state index contributed by atoms with van der Waals surface area (Å²) in [5.74, 6) is 0.692. The number of piperazine rings is 1. The van der Waals surface area contributed by atoms with Crippen molar-refractivity contribution in [3.63, 3.8) is 0 Å². The summed E-state index contributed by atoms with van der Waals surface area (Å²) in [7, 11) is 0. The Morgan fingerprint density at radius 3 is 2.56 bits per heavy atom. The normalized spacial score (nSPS) is 35.2. The zero-order valence-corrected chi connectivity index (χ0v) is 11.6. The number of rotatable bonds is 5. The van der Waals surface area contributed by atoms with Crippen LogP contribution in [0.1, 0.15) is 19.8 Å². The minimum atomic E-state index is 0.580. The Morgan fingerprint density at radius 2 is 1.89 bits per heavy atom. The van der Waals surface area contributed by atoms with Crippen LogP contribution < -0.4 is 5.32 Å². The topological polar surface area (TPSA) is 27.7 Å². The summed E-state index contributed by atoms with van der Waals surface area (Å²) >= 11 is 0. The average Bonchev–Trinajstić information content (AvgIpc) is 3.15. The van der Waals surface area contributed by atoms with Crippen molar-refractivity contribution in [1.29, 1.82) is 0 Å². The van der Waals surface area contributed by atoms with Crippen LogP contribution in [0.3, 0.4) is 0 Å². The van der Waals surface area contributed by atoms with E-state index in [1.54, 1.807) is 0 Å². The summed E-state index contributed by atoms with van der Waals surface area (Å²) in [6.45, 7) is 11.4. The second-order valence-electron chi connectivity index (χ2n) is 6.03. The molecule has 104 valence electrons. The smallest absolute Gasteiger partial charge is 0.0623 e. The van der Waals surface area contributed by atoms with Gasteiger partial charge in [0.05, 0.1) is 13.2 Å². The molecule has 2 aliphatic heterocycles.